The van der Waals surface area contributed by atoms with Crippen molar-refractivity contribution < 1.29 is 19.4 Å². The van der Waals surface area contributed by atoms with E-state index in [0.717, 1.165) is 0 Å². The van der Waals surface area contributed by atoms with Crippen LogP contribution in [0.15, 0.2) is 18.3 Å². The predicted molar refractivity (Wildman–Crippen MR) is 65.6 cm³/mol. The van der Waals surface area contributed by atoms with E-state index >= 15 is 0 Å². The van der Waals surface area contributed by atoms with Gasteiger partial charge in [-0.25, -0.2) is 4.98 Å². The molecule has 0 bridgehead atoms. The van der Waals surface area contributed by atoms with Crippen LogP contribution in [0.4, 0.5) is 0 Å². The van der Waals surface area contributed by atoms with Crippen molar-refractivity contribution >= 4 is 11.8 Å². The van der Waals surface area contributed by atoms with E-state index < -0.39 is 11.9 Å². The van der Waals surface area contributed by atoms with Crippen LogP contribution in [-0.4, -0.2) is 59.7 Å². The van der Waals surface area contributed by atoms with Gasteiger partial charge in [-0.15, -0.1) is 0 Å². The minimum Gasteiger partial charge on any atom is -0.505 e. The van der Waals surface area contributed by atoms with Crippen LogP contribution in [-0.2, 0) is 9.53 Å². The Bertz CT molecular complexity index is 492. The maximum Gasteiger partial charge on any atom is 0.277 e. The highest BCUT2D eigenvalue weighted by Crippen LogP contribution is 2.18. The molecule has 7 nitrogen and oxygen atoms in total. The lowest BCUT2D eigenvalue weighted by Gasteiger charge is -2.34. The SMILES string of the molecule is CNC(=O)C1COCCN1C(=O)c1ncccc1O. The molecule has 7 heteroatoms. The van der Waals surface area contributed by atoms with Crippen molar-refractivity contribution in [3.05, 3.63) is 24.0 Å². The van der Waals surface area contributed by atoms with Gasteiger partial charge in [0.1, 0.15) is 11.8 Å². The van der Waals surface area contributed by atoms with Gasteiger partial charge in [0.15, 0.2) is 5.69 Å². The molecule has 2 amide bonds. The van der Waals surface area contributed by atoms with E-state index in [-0.39, 0.29) is 30.5 Å². The highest BCUT2D eigenvalue weighted by Gasteiger charge is 2.34. The number of morpholine rings is 1. The number of amides is 2. The molecule has 2 rings (SSSR count). The fourth-order valence-electron chi connectivity index (χ4n) is 1.93. The molecule has 0 radical (unpaired) electrons. The lowest BCUT2D eigenvalue weighted by molar-refractivity contribution is -0.130. The first kappa shape index (κ1) is 13.3. The Hall–Kier alpha value is -2.15. The molecule has 0 saturated carbocycles. The zero-order valence-corrected chi connectivity index (χ0v) is 10.5. The third-order valence-electron chi connectivity index (χ3n) is 2.93. The van der Waals surface area contributed by atoms with Gasteiger partial charge in [0.25, 0.3) is 5.91 Å². The zero-order chi connectivity index (χ0) is 13.8. The molecule has 0 aromatic carbocycles. The van der Waals surface area contributed by atoms with Gasteiger partial charge in [0.2, 0.25) is 5.91 Å². The second-order valence-corrected chi connectivity index (χ2v) is 4.07. The van der Waals surface area contributed by atoms with Crippen LogP contribution in [0.1, 0.15) is 10.5 Å². The first-order valence-corrected chi connectivity index (χ1v) is 5.89. The summed E-state index contributed by atoms with van der Waals surface area (Å²) in [5.74, 6) is -0.979. The predicted octanol–water partition coefficient (Wildman–Crippen LogP) is -0.626. The fraction of sp³-hybridized carbons (Fsp3) is 0.417. The number of nitrogens with one attached hydrogen (secondary N) is 1. The van der Waals surface area contributed by atoms with E-state index in [1.54, 1.807) is 0 Å². The van der Waals surface area contributed by atoms with Crippen LogP contribution < -0.4 is 5.32 Å². The average Bonchev–Trinajstić information content (AvgIpc) is 2.46. The molecule has 1 fully saturated rings. The van der Waals surface area contributed by atoms with Crippen molar-refractivity contribution in [2.45, 2.75) is 6.04 Å². The number of pyridine rings is 1. The van der Waals surface area contributed by atoms with Crippen molar-refractivity contribution in [1.29, 1.82) is 0 Å². The fourth-order valence-corrected chi connectivity index (χ4v) is 1.93. The summed E-state index contributed by atoms with van der Waals surface area (Å²) in [7, 11) is 1.50. The van der Waals surface area contributed by atoms with Crippen LogP contribution in [0, 0.1) is 0 Å². The van der Waals surface area contributed by atoms with Crippen LogP contribution in [0.5, 0.6) is 5.75 Å². The quantitative estimate of drug-likeness (QED) is 0.743. The van der Waals surface area contributed by atoms with E-state index in [2.05, 4.69) is 10.3 Å². The molecule has 1 saturated heterocycles. The lowest BCUT2D eigenvalue weighted by Crippen LogP contribution is -2.55. The Kier molecular flexibility index (Phi) is 3.96. The first-order chi connectivity index (χ1) is 9.15. The maximum absolute atomic E-state index is 12.3. The summed E-state index contributed by atoms with van der Waals surface area (Å²) < 4.78 is 5.21. The number of carbonyl (C=O) groups is 2. The lowest BCUT2D eigenvalue weighted by atomic mass is 10.2. The summed E-state index contributed by atoms with van der Waals surface area (Å²) in [5.41, 5.74) is -0.0571. The summed E-state index contributed by atoms with van der Waals surface area (Å²) in [6.45, 7) is 0.777. The van der Waals surface area contributed by atoms with Crippen LogP contribution in [0.3, 0.4) is 0 Å². The van der Waals surface area contributed by atoms with E-state index in [4.69, 9.17) is 4.74 Å². The second kappa shape index (κ2) is 5.66. The molecule has 102 valence electrons. The normalized spacial score (nSPS) is 19.0. The smallest absolute Gasteiger partial charge is 0.277 e. The van der Waals surface area contributed by atoms with Crippen molar-refractivity contribution in [2.24, 2.45) is 0 Å². The van der Waals surface area contributed by atoms with E-state index in [9.17, 15) is 14.7 Å². The van der Waals surface area contributed by atoms with E-state index in [0.29, 0.717) is 6.61 Å². The minimum absolute atomic E-state index is 0.0571. The van der Waals surface area contributed by atoms with Gasteiger partial charge in [-0.1, -0.05) is 0 Å². The summed E-state index contributed by atoms with van der Waals surface area (Å²) in [6.07, 6.45) is 1.42. The molecule has 1 aromatic heterocycles. The summed E-state index contributed by atoms with van der Waals surface area (Å²) >= 11 is 0. The van der Waals surface area contributed by atoms with Gasteiger partial charge < -0.3 is 20.1 Å². The first-order valence-electron chi connectivity index (χ1n) is 5.89. The number of aromatic hydroxyl groups is 1. The van der Waals surface area contributed by atoms with Crippen LogP contribution in [0.25, 0.3) is 0 Å². The Morgan fingerprint density at radius 2 is 2.37 bits per heavy atom. The second-order valence-electron chi connectivity index (χ2n) is 4.07. The molecule has 1 aliphatic heterocycles. The number of aromatic nitrogens is 1. The third kappa shape index (κ3) is 2.65. The molecule has 1 unspecified atom stereocenters. The molecule has 2 heterocycles. The van der Waals surface area contributed by atoms with E-state index in [1.807, 2.05) is 0 Å². The van der Waals surface area contributed by atoms with Gasteiger partial charge >= 0.3 is 0 Å². The number of ether oxygens (including phenoxy) is 1. The van der Waals surface area contributed by atoms with Crippen LogP contribution >= 0.6 is 0 Å². The molecular weight excluding hydrogens is 250 g/mol. The van der Waals surface area contributed by atoms with Gasteiger partial charge in [-0.05, 0) is 12.1 Å². The third-order valence-corrected chi connectivity index (χ3v) is 2.93. The van der Waals surface area contributed by atoms with Crippen molar-refractivity contribution in [3.8, 4) is 5.75 Å². The van der Waals surface area contributed by atoms with Crippen molar-refractivity contribution in [3.63, 3.8) is 0 Å². The Balaban J connectivity index is 2.25. The summed E-state index contributed by atoms with van der Waals surface area (Å²) in [6, 6.07) is 2.21. The Morgan fingerprint density at radius 1 is 1.58 bits per heavy atom. The number of rotatable bonds is 2. The Morgan fingerprint density at radius 3 is 3.05 bits per heavy atom. The Labute approximate surface area is 110 Å². The van der Waals surface area contributed by atoms with Gasteiger partial charge in [-0.2, -0.15) is 0 Å². The molecule has 0 spiro atoms. The number of nitrogens with zero attached hydrogens (tertiary/aromatic N) is 2. The molecular formula is C12H15N3O4. The molecule has 1 aliphatic rings. The van der Waals surface area contributed by atoms with E-state index in [1.165, 1.54) is 30.3 Å². The van der Waals surface area contributed by atoms with Crippen molar-refractivity contribution in [1.82, 2.24) is 15.2 Å². The molecule has 2 N–H and O–H groups in total. The number of hydrogen-bond donors (Lipinski definition) is 2. The minimum atomic E-state index is -0.701. The van der Waals surface area contributed by atoms with Gasteiger partial charge in [0.05, 0.1) is 13.2 Å². The molecule has 1 aromatic rings. The average molecular weight is 265 g/mol. The molecule has 0 aliphatic carbocycles. The summed E-state index contributed by atoms with van der Waals surface area (Å²) in [5, 5.41) is 12.1. The van der Waals surface area contributed by atoms with Crippen LogP contribution in [0.2, 0.25) is 0 Å². The topological polar surface area (TPSA) is 91.8 Å². The summed E-state index contributed by atoms with van der Waals surface area (Å²) in [4.78, 5) is 29.3. The number of carbonyl (C=O) groups excluding carboxylic acids is 2. The number of hydrogen-bond acceptors (Lipinski definition) is 5. The molecule has 1 atom stereocenters. The highest BCUT2D eigenvalue weighted by atomic mass is 16.5. The van der Waals surface area contributed by atoms with Gasteiger partial charge in [-0.3, -0.25) is 9.59 Å². The monoisotopic (exact) mass is 265 g/mol. The maximum atomic E-state index is 12.3. The highest BCUT2D eigenvalue weighted by molar-refractivity contribution is 5.98. The number of likely N-dealkylation sites (N-methyl/N-ethyl adjacent to an activating group) is 1. The standard InChI is InChI=1S/C12H15N3O4/c1-13-11(17)8-7-19-6-5-15(8)12(18)10-9(16)3-2-4-14-10/h2-4,8,16H,5-7H2,1H3,(H,13,17). The largest absolute Gasteiger partial charge is 0.505 e. The zero-order valence-electron chi connectivity index (χ0n) is 10.5. The van der Waals surface area contributed by atoms with Crippen molar-refractivity contribution in [2.75, 3.05) is 26.8 Å². The molecule has 19 heavy (non-hydrogen) atoms. The van der Waals surface area contributed by atoms with Gasteiger partial charge in [0, 0.05) is 19.8 Å².